The van der Waals surface area contributed by atoms with E-state index in [2.05, 4.69) is 25.2 Å². The highest BCUT2D eigenvalue weighted by atomic mass is 16.2. The van der Waals surface area contributed by atoms with Crippen molar-refractivity contribution in [3.63, 3.8) is 0 Å². The molecule has 0 aliphatic heterocycles. The molecule has 4 fully saturated rings. The van der Waals surface area contributed by atoms with Crippen LogP contribution in [0, 0.1) is 28.1 Å². The van der Waals surface area contributed by atoms with E-state index < -0.39 is 0 Å². The van der Waals surface area contributed by atoms with Crippen LogP contribution in [0.2, 0.25) is 0 Å². The van der Waals surface area contributed by atoms with Crippen LogP contribution in [0.15, 0.2) is 12.2 Å². The molecule has 0 spiro atoms. The molecule has 2 amide bonds. The summed E-state index contributed by atoms with van der Waals surface area (Å²) in [7, 11) is 0. The lowest BCUT2D eigenvalue weighted by atomic mass is 9.40. The molecule has 0 aromatic rings. The van der Waals surface area contributed by atoms with Crippen molar-refractivity contribution < 1.29 is 9.59 Å². The summed E-state index contributed by atoms with van der Waals surface area (Å²) in [5.74, 6) is 0.323. The van der Waals surface area contributed by atoms with Crippen LogP contribution in [0.3, 0.4) is 0 Å². The highest BCUT2D eigenvalue weighted by molar-refractivity contribution is 5.85. The van der Waals surface area contributed by atoms with Gasteiger partial charge in [-0.2, -0.15) is 0 Å². The fourth-order valence-electron chi connectivity index (χ4n) is 7.31. The number of hydrogen-bond acceptors (Lipinski definition) is 2. The Morgan fingerprint density at radius 2 is 1.62 bits per heavy atom. The van der Waals surface area contributed by atoms with Gasteiger partial charge in [-0.3, -0.25) is 9.59 Å². The molecule has 4 bridgehead atoms. The molecule has 24 heavy (non-hydrogen) atoms. The number of hydrogen-bond donors (Lipinski definition) is 2. The van der Waals surface area contributed by atoms with Gasteiger partial charge in [-0.15, -0.1) is 0 Å². The first-order chi connectivity index (χ1) is 11.2. The maximum Gasteiger partial charge on any atom is 0.226 e. The normalized spacial score (nSPS) is 49.2. The summed E-state index contributed by atoms with van der Waals surface area (Å²) in [6.07, 6.45) is 12.3. The van der Waals surface area contributed by atoms with Crippen LogP contribution in [0.4, 0.5) is 0 Å². The van der Waals surface area contributed by atoms with E-state index in [0.29, 0.717) is 29.6 Å². The summed E-state index contributed by atoms with van der Waals surface area (Å²) in [5, 5.41) is 3.25. The van der Waals surface area contributed by atoms with Gasteiger partial charge in [-0.25, -0.2) is 0 Å². The molecule has 4 nitrogen and oxygen atoms in total. The zero-order valence-corrected chi connectivity index (χ0v) is 14.9. The third-order valence-electron chi connectivity index (χ3n) is 7.22. The quantitative estimate of drug-likeness (QED) is 0.781. The summed E-state index contributed by atoms with van der Waals surface area (Å²) in [4.78, 5) is 25.1. The molecule has 5 aliphatic rings. The molecule has 0 saturated heterocycles. The predicted molar refractivity (Wildman–Crippen MR) is 92.8 cm³/mol. The molecule has 0 heterocycles. The van der Waals surface area contributed by atoms with Gasteiger partial charge in [0, 0.05) is 6.04 Å². The van der Waals surface area contributed by atoms with Crippen LogP contribution < -0.4 is 11.1 Å². The lowest BCUT2D eigenvalue weighted by Crippen LogP contribution is -2.61. The first kappa shape index (κ1) is 16.2. The second-order valence-corrected chi connectivity index (χ2v) is 9.94. The Morgan fingerprint density at radius 1 is 1.00 bits per heavy atom. The molecule has 0 aromatic carbocycles. The van der Waals surface area contributed by atoms with Crippen LogP contribution in [0.1, 0.15) is 65.2 Å². The van der Waals surface area contributed by atoms with Crippen molar-refractivity contribution in [1.82, 2.24) is 5.32 Å². The largest absolute Gasteiger partial charge is 0.369 e. The van der Waals surface area contributed by atoms with Gasteiger partial charge in [0.2, 0.25) is 11.8 Å². The van der Waals surface area contributed by atoms with Crippen molar-refractivity contribution in [1.29, 1.82) is 0 Å². The monoisotopic (exact) mass is 330 g/mol. The predicted octanol–water partition coefficient (Wildman–Crippen LogP) is 2.92. The number of rotatable bonds is 3. The number of nitrogens with two attached hydrogens (primary N) is 1. The lowest BCUT2D eigenvalue weighted by Gasteiger charge is -2.64. The van der Waals surface area contributed by atoms with Crippen LogP contribution in [0.5, 0.6) is 0 Å². The Hall–Kier alpha value is -1.32. The second-order valence-electron chi connectivity index (χ2n) is 9.94. The van der Waals surface area contributed by atoms with Gasteiger partial charge >= 0.3 is 0 Å². The standard InChI is InChI=1S/C20H30N2O2/c1-18-7-13-8-19(2,10-18)12-20(9-13,11-18)17(24)22-15-6-4-3-5-14(15)16(21)23/h3-4,13-15H,5-12H2,1-2H3,(H2,21,23)(H,22,24)/t13?,14-,15+,18-,19+,20?/m1/s1. The molecular formula is C20H30N2O2. The van der Waals surface area contributed by atoms with Crippen molar-refractivity contribution in [3.8, 4) is 0 Å². The number of allylic oxidation sites excluding steroid dienone is 1. The van der Waals surface area contributed by atoms with Gasteiger partial charge in [0.25, 0.3) is 0 Å². The van der Waals surface area contributed by atoms with Gasteiger partial charge in [0.05, 0.1) is 11.3 Å². The third kappa shape index (κ3) is 2.49. The zero-order valence-electron chi connectivity index (χ0n) is 14.9. The highest BCUT2D eigenvalue weighted by Crippen LogP contribution is 2.69. The maximum atomic E-state index is 13.3. The molecule has 5 rings (SSSR count). The van der Waals surface area contributed by atoms with Gasteiger partial charge in [0.1, 0.15) is 0 Å². The smallest absolute Gasteiger partial charge is 0.226 e. The van der Waals surface area contributed by atoms with Gasteiger partial charge in [-0.05, 0) is 68.1 Å². The van der Waals surface area contributed by atoms with Crippen LogP contribution in [-0.2, 0) is 9.59 Å². The molecule has 0 radical (unpaired) electrons. The summed E-state index contributed by atoms with van der Waals surface area (Å²) in [6.45, 7) is 4.76. The Bertz CT molecular complexity index is 593. The first-order valence-corrected chi connectivity index (χ1v) is 9.48. The van der Waals surface area contributed by atoms with E-state index in [0.717, 1.165) is 19.3 Å². The summed E-state index contributed by atoms with van der Waals surface area (Å²) < 4.78 is 0. The van der Waals surface area contributed by atoms with E-state index in [1.807, 2.05) is 6.08 Å². The van der Waals surface area contributed by atoms with E-state index >= 15 is 0 Å². The van der Waals surface area contributed by atoms with E-state index in [1.54, 1.807) is 0 Å². The number of primary amides is 1. The van der Waals surface area contributed by atoms with E-state index in [-0.39, 0.29) is 29.2 Å². The van der Waals surface area contributed by atoms with E-state index in [4.69, 9.17) is 5.73 Å². The molecule has 2 unspecified atom stereocenters. The Labute approximate surface area is 144 Å². The fourth-order valence-corrected chi connectivity index (χ4v) is 7.31. The van der Waals surface area contributed by atoms with Crippen molar-refractivity contribution in [2.45, 2.75) is 71.3 Å². The topological polar surface area (TPSA) is 72.2 Å². The third-order valence-corrected chi connectivity index (χ3v) is 7.22. The molecule has 4 saturated carbocycles. The second kappa shape index (κ2) is 5.09. The average Bonchev–Trinajstić information content (AvgIpc) is 2.43. The van der Waals surface area contributed by atoms with Crippen LogP contribution in [0.25, 0.3) is 0 Å². The molecular weight excluding hydrogens is 300 g/mol. The van der Waals surface area contributed by atoms with Crippen molar-refractivity contribution in [3.05, 3.63) is 12.2 Å². The number of carbonyl (C=O) groups excluding carboxylic acids is 2. The molecule has 4 heteroatoms. The highest BCUT2D eigenvalue weighted by Gasteiger charge is 2.62. The minimum Gasteiger partial charge on any atom is -0.369 e. The average molecular weight is 330 g/mol. The number of carbonyl (C=O) groups is 2. The minimum absolute atomic E-state index is 0.131. The fraction of sp³-hybridized carbons (Fsp3) is 0.800. The van der Waals surface area contributed by atoms with Crippen LogP contribution in [-0.4, -0.2) is 17.9 Å². The molecule has 5 aliphatic carbocycles. The van der Waals surface area contributed by atoms with Gasteiger partial charge in [0.15, 0.2) is 0 Å². The zero-order chi connectivity index (χ0) is 17.2. The van der Waals surface area contributed by atoms with E-state index in [9.17, 15) is 9.59 Å². The maximum absolute atomic E-state index is 13.3. The SMILES string of the molecule is C[C@]12CC3CC(C(=O)N[C@H]4CC=CC[C@H]4C(N)=O)(C1)C[C@@](C)(C3)C2. The van der Waals surface area contributed by atoms with Crippen molar-refractivity contribution >= 4 is 11.8 Å². The summed E-state index contributed by atoms with van der Waals surface area (Å²) in [6, 6.07) is -0.131. The molecule has 6 atom stereocenters. The van der Waals surface area contributed by atoms with Gasteiger partial charge in [-0.1, -0.05) is 26.0 Å². The Kier molecular flexibility index (Phi) is 3.43. The first-order valence-electron chi connectivity index (χ1n) is 9.48. The molecule has 3 N–H and O–H groups in total. The Morgan fingerprint density at radius 3 is 2.21 bits per heavy atom. The van der Waals surface area contributed by atoms with Crippen molar-refractivity contribution in [2.75, 3.05) is 0 Å². The van der Waals surface area contributed by atoms with Crippen LogP contribution >= 0.6 is 0 Å². The number of nitrogens with one attached hydrogen (secondary N) is 1. The van der Waals surface area contributed by atoms with Gasteiger partial charge < -0.3 is 11.1 Å². The number of amides is 2. The summed E-state index contributed by atoms with van der Waals surface area (Å²) >= 11 is 0. The van der Waals surface area contributed by atoms with E-state index in [1.165, 1.54) is 19.3 Å². The lowest BCUT2D eigenvalue weighted by molar-refractivity contribution is -0.171. The Balaban J connectivity index is 1.56. The molecule has 0 aromatic heterocycles. The van der Waals surface area contributed by atoms with Crippen molar-refractivity contribution in [2.24, 2.45) is 33.8 Å². The molecule has 132 valence electrons. The minimum atomic E-state index is -0.297. The summed E-state index contributed by atoms with van der Waals surface area (Å²) in [5.41, 5.74) is 5.98.